The Morgan fingerprint density at radius 3 is 2.57 bits per heavy atom. The predicted octanol–water partition coefficient (Wildman–Crippen LogP) is 3.82. The highest BCUT2D eigenvalue weighted by molar-refractivity contribution is 5.72. The number of nitrogens with zero attached hydrogens (tertiary/aromatic N) is 2. The summed E-state index contributed by atoms with van der Waals surface area (Å²) in [6, 6.07) is 16.8. The third-order valence-electron chi connectivity index (χ3n) is 4.18. The number of rotatable bonds is 6. The highest BCUT2D eigenvalue weighted by Gasteiger charge is 2.27. The molecule has 0 amide bonds. The smallest absolute Gasteiger partial charge is 0.320 e. The second-order valence-corrected chi connectivity index (χ2v) is 7.62. The number of carbonyl (C=O) groups excluding carboxylic acids is 1. The van der Waals surface area contributed by atoms with Crippen LogP contribution >= 0.6 is 0 Å². The maximum Gasteiger partial charge on any atom is 0.320 e. The molecule has 3 rings (SSSR count). The fraction of sp³-hybridized carbons (Fsp3) is 0.364. The molecule has 1 atom stereocenters. The van der Waals surface area contributed by atoms with Gasteiger partial charge in [-0.1, -0.05) is 36.4 Å². The zero-order chi connectivity index (χ0) is 20.1. The van der Waals surface area contributed by atoms with E-state index in [9.17, 15) is 10.1 Å². The van der Waals surface area contributed by atoms with Gasteiger partial charge >= 0.3 is 5.97 Å². The second-order valence-electron chi connectivity index (χ2n) is 7.62. The minimum absolute atomic E-state index is 0.00116. The molecule has 2 aromatic carbocycles. The Labute approximate surface area is 165 Å². The summed E-state index contributed by atoms with van der Waals surface area (Å²) in [6.45, 7) is 6.08. The summed E-state index contributed by atoms with van der Waals surface area (Å²) in [4.78, 5) is 14.3. The van der Waals surface area contributed by atoms with E-state index in [1.54, 1.807) is 17.0 Å². The Hall–Kier alpha value is -3.04. The van der Waals surface area contributed by atoms with Crippen molar-refractivity contribution in [3.63, 3.8) is 0 Å². The summed E-state index contributed by atoms with van der Waals surface area (Å²) in [7, 11) is 0. The van der Waals surface area contributed by atoms with E-state index in [1.807, 2.05) is 57.2 Å². The van der Waals surface area contributed by atoms with Crippen molar-refractivity contribution < 1.29 is 19.0 Å². The maximum absolute atomic E-state index is 12.5. The zero-order valence-corrected chi connectivity index (χ0v) is 16.3. The van der Waals surface area contributed by atoms with Crippen LogP contribution in [0.2, 0.25) is 0 Å². The minimum atomic E-state index is -0.637. The van der Waals surface area contributed by atoms with Crippen molar-refractivity contribution in [1.82, 2.24) is 4.90 Å². The molecule has 0 N–H and O–H groups in total. The van der Waals surface area contributed by atoms with Crippen LogP contribution in [0.4, 0.5) is 0 Å². The second kappa shape index (κ2) is 8.32. The van der Waals surface area contributed by atoms with E-state index in [0.717, 1.165) is 11.1 Å². The average Bonchev–Trinajstić information content (AvgIpc) is 3.09. The van der Waals surface area contributed by atoms with Gasteiger partial charge in [0.2, 0.25) is 6.79 Å². The summed E-state index contributed by atoms with van der Waals surface area (Å²) < 4.78 is 16.3. The topological polar surface area (TPSA) is 71.8 Å². The van der Waals surface area contributed by atoms with Gasteiger partial charge in [0.1, 0.15) is 11.6 Å². The third kappa shape index (κ3) is 5.02. The highest BCUT2D eigenvalue weighted by atomic mass is 16.7. The molecule has 0 fully saturated rings. The van der Waals surface area contributed by atoms with Gasteiger partial charge in [-0.05, 0) is 44.0 Å². The SMILES string of the molecule is CC(C)(C)OC(=O)CN(Cc1ccccc1)[C@@H](C#N)c1ccc2c(c1)OCO2. The maximum atomic E-state index is 12.5. The number of ether oxygens (including phenoxy) is 3. The van der Waals surface area contributed by atoms with Crippen LogP contribution < -0.4 is 9.47 Å². The monoisotopic (exact) mass is 380 g/mol. The van der Waals surface area contributed by atoms with Crippen molar-refractivity contribution in [3.05, 3.63) is 59.7 Å². The lowest BCUT2D eigenvalue weighted by molar-refractivity contribution is -0.156. The molecule has 6 heteroatoms. The molecule has 0 saturated carbocycles. The normalized spacial score (nSPS) is 13.8. The van der Waals surface area contributed by atoms with Crippen molar-refractivity contribution >= 4 is 5.97 Å². The summed E-state index contributed by atoms with van der Waals surface area (Å²) in [5, 5.41) is 9.91. The molecule has 0 spiro atoms. The fourth-order valence-corrected chi connectivity index (χ4v) is 3.05. The Kier molecular flexibility index (Phi) is 5.86. The Bertz CT molecular complexity index is 868. The average molecular weight is 380 g/mol. The number of hydrogen-bond donors (Lipinski definition) is 0. The molecule has 1 aliphatic heterocycles. The fourth-order valence-electron chi connectivity index (χ4n) is 3.05. The summed E-state index contributed by atoms with van der Waals surface area (Å²) in [6.07, 6.45) is 0. The Morgan fingerprint density at radius 2 is 1.89 bits per heavy atom. The van der Waals surface area contributed by atoms with E-state index in [-0.39, 0.29) is 19.3 Å². The molecule has 1 heterocycles. The highest BCUT2D eigenvalue weighted by Crippen LogP contribution is 2.35. The van der Waals surface area contributed by atoms with Gasteiger partial charge in [0.25, 0.3) is 0 Å². The molecule has 0 bridgehead atoms. The molecular weight excluding hydrogens is 356 g/mol. The summed E-state index contributed by atoms with van der Waals surface area (Å²) in [5.74, 6) is 0.890. The molecule has 0 aliphatic carbocycles. The van der Waals surface area contributed by atoms with Gasteiger partial charge in [0.15, 0.2) is 11.5 Å². The van der Waals surface area contributed by atoms with Crippen molar-refractivity contribution in [2.24, 2.45) is 0 Å². The van der Waals surface area contributed by atoms with E-state index >= 15 is 0 Å². The van der Waals surface area contributed by atoms with Gasteiger partial charge < -0.3 is 14.2 Å². The van der Waals surface area contributed by atoms with Crippen molar-refractivity contribution in [2.45, 2.75) is 39.0 Å². The lowest BCUT2D eigenvalue weighted by Crippen LogP contribution is -2.36. The number of carbonyl (C=O) groups is 1. The van der Waals surface area contributed by atoms with Crippen molar-refractivity contribution in [2.75, 3.05) is 13.3 Å². The van der Waals surface area contributed by atoms with E-state index in [4.69, 9.17) is 14.2 Å². The molecule has 0 radical (unpaired) electrons. The molecular formula is C22H24N2O4. The number of esters is 1. The molecule has 0 unspecified atom stereocenters. The molecule has 0 aromatic heterocycles. The predicted molar refractivity (Wildman–Crippen MR) is 104 cm³/mol. The van der Waals surface area contributed by atoms with Crippen LogP contribution in [-0.2, 0) is 16.1 Å². The van der Waals surface area contributed by atoms with Crippen molar-refractivity contribution in [3.8, 4) is 17.6 Å². The minimum Gasteiger partial charge on any atom is -0.459 e. The third-order valence-corrected chi connectivity index (χ3v) is 4.18. The largest absolute Gasteiger partial charge is 0.459 e. The van der Waals surface area contributed by atoms with Crippen LogP contribution in [0.5, 0.6) is 11.5 Å². The molecule has 28 heavy (non-hydrogen) atoms. The summed E-state index contributed by atoms with van der Waals surface area (Å²) >= 11 is 0. The lowest BCUT2D eigenvalue weighted by atomic mass is 10.0. The first-order chi connectivity index (χ1) is 13.4. The number of benzene rings is 2. The van der Waals surface area contributed by atoms with Crippen LogP contribution in [0.1, 0.15) is 37.9 Å². The van der Waals surface area contributed by atoms with E-state index in [1.165, 1.54) is 0 Å². The van der Waals surface area contributed by atoms with E-state index < -0.39 is 11.6 Å². The van der Waals surface area contributed by atoms with Gasteiger partial charge in [-0.25, -0.2) is 0 Å². The van der Waals surface area contributed by atoms with E-state index in [0.29, 0.717) is 18.0 Å². The van der Waals surface area contributed by atoms with E-state index in [2.05, 4.69) is 6.07 Å². The first-order valence-electron chi connectivity index (χ1n) is 9.15. The molecule has 146 valence electrons. The van der Waals surface area contributed by atoms with Gasteiger partial charge in [-0.15, -0.1) is 0 Å². The standard InChI is InChI=1S/C22H24N2O4/c1-22(2,3)28-21(25)14-24(13-16-7-5-4-6-8-16)18(12-23)17-9-10-19-20(11-17)27-15-26-19/h4-11,18H,13-15H2,1-3H3/t18-/m0/s1. The quantitative estimate of drug-likeness (QED) is 0.710. The first kappa shape index (κ1) is 19.7. The van der Waals surface area contributed by atoms with Gasteiger partial charge in [-0.3, -0.25) is 9.69 Å². The number of nitriles is 1. The molecule has 1 aliphatic rings. The van der Waals surface area contributed by atoms with Crippen LogP contribution in [0.15, 0.2) is 48.5 Å². The van der Waals surface area contributed by atoms with Gasteiger partial charge in [0, 0.05) is 6.54 Å². The number of fused-ring (bicyclic) bond motifs is 1. The zero-order valence-electron chi connectivity index (χ0n) is 16.3. The van der Waals surface area contributed by atoms with Crippen LogP contribution in [0.25, 0.3) is 0 Å². The van der Waals surface area contributed by atoms with Crippen LogP contribution in [-0.4, -0.2) is 29.8 Å². The van der Waals surface area contributed by atoms with Gasteiger partial charge in [-0.2, -0.15) is 5.26 Å². The molecule has 6 nitrogen and oxygen atoms in total. The van der Waals surface area contributed by atoms with Crippen LogP contribution in [0.3, 0.4) is 0 Å². The Morgan fingerprint density at radius 1 is 1.18 bits per heavy atom. The molecule has 2 aromatic rings. The first-order valence-corrected chi connectivity index (χ1v) is 9.15. The van der Waals surface area contributed by atoms with Crippen LogP contribution in [0, 0.1) is 11.3 Å². The molecule has 0 saturated heterocycles. The van der Waals surface area contributed by atoms with Gasteiger partial charge in [0.05, 0.1) is 12.6 Å². The summed E-state index contributed by atoms with van der Waals surface area (Å²) in [5.41, 5.74) is 1.16. The Balaban J connectivity index is 1.87. The number of hydrogen-bond acceptors (Lipinski definition) is 6. The van der Waals surface area contributed by atoms with Crippen molar-refractivity contribution in [1.29, 1.82) is 5.26 Å². The lowest BCUT2D eigenvalue weighted by Gasteiger charge is -2.28.